The minimum atomic E-state index is -0.522. The molecule has 17 heavy (non-hydrogen) atoms. The summed E-state index contributed by atoms with van der Waals surface area (Å²) in [5.74, 6) is 0.639. The molecular weight excluding hydrogens is 240 g/mol. The molecule has 0 bridgehead atoms. The SMILES string of the molecule is CC(O)c1ccc(OCCCCCO)c(Cl)c1. The predicted octanol–water partition coefficient (Wildman–Crippen LogP) is 2.93. The average Bonchev–Trinajstić information content (AvgIpc) is 2.30. The van der Waals surface area contributed by atoms with Crippen LogP contribution in [0.25, 0.3) is 0 Å². The van der Waals surface area contributed by atoms with Gasteiger partial charge in [-0.2, -0.15) is 0 Å². The first kappa shape index (κ1) is 14.3. The van der Waals surface area contributed by atoms with Gasteiger partial charge in [-0.1, -0.05) is 17.7 Å². The van der Waals surface area contributed by atoms with Crippen LogP contribution in [0, 0.1) is 0 Å². The van der Waals surface area contributed by atoms with Gasteiger partial charge in [-0.25, -0.2) is 0 Å². The number of benzene rings is 1. The van der Waals surface area contributed by atoms with E-state index >= 15 is 0 Å². The molecule has 1 aromatic carbocycles. The Morgan fingerprint density at radius 1 is 1.29 bits per heavy atom. The average molecular weight is 259 g/mol. The Balaban J connectivity index is 2.43. The molecule has 1 unspecified atom stereocenters. The van der Waals surface area contributed by atoms with Crippen molar-refractivity contribution in [1.29, 1.82) is 0 Å². The van der Waals surface area contributed by atoms with E-state index in [0.29, 0.717) is 17.4 Å². The van der Waals surface area contributed by atoms with Gasteiger partial charge < -0.3 is 14.9 Å². The lowest BCUT2D eigenvalue weighted by atomic mass is 10.1. The van der Waals surface area contributed by atoms with E-state index in [9.17, 15) is 5.11 Å². The van der Waals surface area contributed by atoms with Gasteiger partial charge in [0.05, 0.1) is 17.7 Å². The number of ether oxygens (including phenoxy) is 1. The summed E-state index contributed by atoms with van der Waals surface area (Å²) in [6, 6.07) is 5.30. The highest BCUT2D eigenvalue weighted by atomic mass is 35.5. The van der Waals surface area contributed by atoms with Crippen molar-refractivity contribution in [3.05, 3.63) is 28.8 Å². The smallest absolute Gasteiger partial charge is 0.137 e. The number of aliphatic hydroxyl groups is 2. The maximum absolute atomic E-state index is 9.39. The second-order valence-electron chi connectivity index (χ2n) is 4.00. The maximum Gasteiger partial charge on any atom is 0.137 e. The molecule has 0 radical (unpaired) electrons. The molecule has 1 aromatic rings. The summed E-state index contributed by atoms with van der Waals surface area (Å²) >= 11 is 6.04. The summed E-state index contributed by atoms with van der Waals surface area (Å²) in [6.45, 7) is 2.51. The highest BCUT2D eigenvalue weighted by Gasteiger charge is 2.06. The van der Waals surface area contributed by atoms with E-state index in [1.165, 1.54) is 0 Å². The number of hydrogen-bond acceptors (Lipinski definition) is 3. The predicted molar refractivity (Wildman–Crippen MR) is 68.5 cm³/mol. The van der Waals surface area contributed by atoms with Crippen LogP contribution >= 0.6 is 11.6 Å². The minimum Gasteiger partial charge on any atom is -0.492 e. The van der Waals surface area contributed by atoms with Crippen LogP contribution in [0.3, 0.4) is 0 Å². The van der Waals surface area contributed by atoms with Gasteiger partial charge >= 0.3 is 0 Å². The van der Waals surface area contributed by atoms with Crippen LogP contribution in [-0.4, -0.2) is 23.4 Å². The lowest BCUT2D eigenvalue weighted by molar-refractivity contribution is 0.199. The van der Waals surface area contributed by atoms with E-state index in [1.807, 2.05) is 0 Å². The fraction of sp³-hybridized carbons (Fsp3) is 0.538. The van der Waals surface area contributed by atoms with E-state index in [-0.39, 0.29) is 6.61 Å². The first-order valence-corrected chi connectivity index (χ1v) is 6.24. The van der Waals surface area contributed by atoms with E-state index in [4.69, 9.17) is 21.4 Å². The van der Waals surface area contributed by atoms with Gasteiger partial charge in [0.2, 0.25) is 0 Å². The fourth-order valence-corrected chi connectivity index (χ4v) is 1.71. The Morgan fingerprint density at radius 3 is 2.65 bits per heavy atom. The van der Waals surface area contributed by atoms with Gasteiger partial charge in [0.1, 0.15) is 5.75 Å². The highest BCUT2D eigenvalue weighted by Crippen LogP contribution is 2.28. The van der Waals surface area contributed by atoms with E-state index in [0.717, 1.165) is 24.8 Å². The van der Waals surface area contributed by atoms with Crippen LogP contribution in [0.5, 0.6) is 5.75 Å². The zero-order valence-corrected chi connectivity index (χ0v) is 10.8. The summed E-state index contributed by atoms with van der Waals surface area (Å²) in [6.07, 6.45) is 2.12. The number of hydrogen-bond donors (Lipinski definition) is 2. The summed E-state index contributed by atoms with van der Waals surface area (Å²) < 4.78 is 5.52. The van der Waals surface area contributed by atoms with Crippen LogP contribution in [0.15, 0.2) is 18.2 Å². The number of rotatable bonds is 7. The Bertz CT molecular complexity index is 339. The molecule has 1 atom stereocenters. The number of unbranched alkanes of at least 4 members (excludes halogenated alkanes) is 2. The van der Waals surface area contributed by atoms with Crippen LogP contribution in [0.1, 0.15) is 37.9 Å². The molecule has 96 valence electrons. The topological polar surface area (TPSA) is 49.7 Å². The first-order valence-electron chi connectivity index (χ1n) is 5.86. The molecule has 0 aliphatic heterocycles. The second-order valence-corrected chi connectivity index (χ2v) is 4.41. The fourth-order valence-electron chi connectivity index (χ4n) is 1.47. The molecule has 0 aliphatic carbocycles. The van der Waals surface area contributed by atoms with Crippen molar-refractivity contribution in [2.75, 3.05) is 13.2 Å². The monoisotopic (exact) mass is 258 g/mol. The normalized spacial score (nSPS) is 12.5. The van der Waals surface area contributed by atoms with Crippen molar-refractivity contribution >= 4 is 11.6 Å². The highest BCUT2D eigenvalue weighted by molar-refractivity contribution is 6.32. The van der Waals surface area contributed by atoms with E-state index < -0.39 is 6.10 Å². The van der Waals surface area contributed by atoms with Gasteiger partial charge in [0, 0.05) is 6.61 Å². The van der Waals surface area contributed by atoms with Gasteiger partial charge in [0.15, 0.2) is 0 Å². The summed E-state index contributed by atoms with van der Waals surface area (Å²) in [5, 5.41) is 18.5. The molecule has 3 nitrogen and oxygen atoms in total. The first-order chi connectivity index (χ1) is 8.15. The zero-order valence-electron chi connectivity index (χ0n) is 10.0. The lowest BCUT2D eigenvalue weighted by Crippen LogP contribution is -1.99. The maximum atomic E-state index is 9.39. The van der Waals surface area contributed by atoms with Crippen molar-refractivity contribution in [2.45, 2.75) is 32.3 Å². The Hall–Kier alpha value is -0.770. The van der Waals surface area contributed by atoms with Crippen LogP contribution in [0.2, 0.25) is 5.02 Å². The summed E-state index contributed by atoms with van der Waals surface area (Å²) in [7, 11) is 0. The molecule has 1 rings (SSSR count). The van der Waals surface area contributed by atoms with Crippen molar-refractivity contribution < 1.29 is 14.9 Å². The Morgan fingerprint density at radius 2 is 2.06 bits per heavy atom. The van der Waals surface area contributed by atoms with Crippen molar-refractivity contribution in [1.82, 2.24) is 0 Å². The molecule has 0 fully saturated rings. The quantitative estimate of drug-likeness (QED) is 0.740. The number of aliphatic hydroxyl groups excluding tert-OH is 2. The molecular formula is C13H19ClO3. The minimum absolute atomic E-state index is 0.226. The molecule has 0 spiro atoms. The molecule has 0 aromatic heterocycles. The van der Waals surface area contributed by atoms with Gasteiger partial charge in [-0.3, -0.25) is 0 Å². The second kappa shape index (κ2) is 7.54. The van der Waals surface area contributed by atoms with Gasteiger partial charge in [-0.15, -0.1) is 0 Å². The largest absolute Gasteiger partial charge is 0.492 e. The van der Waals surface area contributed by atoms with Crippen molar-refractivity contribution in [3.8, 4) is 5.75 Å². The lowest BCUT2D eigenvalue weighted by Gasteiger charge is -2.10. The number of halogens is 1. The van der Waals surface area contributed by atoms with Gasteiger partial charge in [-0.05, 0) is 43.9 Å². The van der Waals surface area contributed by atoms with Crippen LogP contribution < -0.4 is 4.74 Å². The molecule has 0 saturated heterocycles. The van der Waals surface area contributed by atoms with Crippen LogP contribution in [-0.2, 0) is 0 Å². The van der Waals surface area contributed by atoms with Crippen molar-refractivity contribution in [2.24, 2.45) is 0 Å². The Labute approximate surface area is 107 Å². The van der Waals surface area contributed by atoms with Gasteiger partial charge in [0.25, 0.3) is 0 Å². The molecule has 4 heteroatoms. The third kappa shape index (κ3) is 4.94. The standard InChI is InChI=1S/C13H19ClO3/c1-10(16)11-5-6-13(12(14)9-11)17-8-4-2-3-7-15/h5-6,9-10,15-16H,2-4,7-8H2,1H3. The third-order valence-electron chi connectivity index (χ3n) is 2.50. The zero-order chi connectivity index (χ0) is 12.7. The van der Waals surface area contributed by atoms with E-state index in [2.05, 4.69) is 0 Å². The molecule has 0 saturated carbocycles. The third-order valence-corrected chi connectivity index (χ3v) is 2.79. The van der Waals surface area contributed by atoms with Crippen LogP contribution in [0.4, 0.5) is 0 Å². The molecule has 0 aliphatic rings. The summed E-state index contributed by atoms with van der Waals surface area (Å²) in [5.41, 5.74) is 0.780. The molecule has 0 heterocycles. The summed E-state index contributed by atoms with van der Waals surface area (Å²) in [4.78, 5) is 0. The van der Waals surface area contributed by atoms with Crippen molar-refractivity contribution in [3.63, 3.8) is 0 Å². The van der Waals surface area contributed by atoms with E-state index in [1.54, 1.807) is 25.1 Å². The molecule has 2 N–H and O–H groups in total. The Kier molecular flexibility index (Phi) is 6.34. The molecule has 0 amide bonds.